The van der Waals surface area contributed by atoms with Gasteiger partial charge in [-0.25, -0.2) is 0 Å². The third-order valence-corrected chi connectivity index (χ3v) is 19.3. The molecule has 6 N–H and O–H groups in total. The van der Waals surface area contributed by atoms with Gasteiger partial charge in [-0.3, -0.25) is 9.59 Å². The lowest BCUT2D eigenvalue weighted by molar-refractivity contribution is -0.302. The van der Waals surface area contributed by atoms with Crippen LogP contribution >= 0.6 is 0 Å². The molecule has 11 nitrogen and oxygen atoms in total. The Hall–Kier alpha value is -1.86. The first-order valence-electron chi connectivity index (χ1n) is 40.1. The summed E-state index contributed by atoms with van der Waals surface area (Å²) in [5, 5.41) is 54.4. The molecule has 1 rings (SSSR count). The largest absolute Gasteiger partial charge is 0.466 e. The molecular formula is C80H153NO10. The summed E-state index contributed by atoms with van der Waals surface area (Å²) in [4.78, 5) is 25.1. The van der Waals surface area contributed by atoms with Crippen molar-refractivity contribution in [2.24, 2.45) is 0 Å². The highest BCUT2D eigenvalue weighted by Gasteiger charge is 2.44. The van der Waals surface area contributed by atoms with E-state index in [9.17, 15) is 35.1 Å². The molecule has 1 aliphatic heterocycles. The fourth-order valence-corrected chi connectivity index (χ4v) is 13.0. The molecule has 1 saturated heterocycles. The molecule has 1 aliphatic rings. The van der Waals surface area contributed by atoms with Gasteiger partial charge in [0.05, 0.1) is 32.0 Å². The number of amides is 1. The number of carbonyl (C=O) groups excluding carboxylic acids is 2. The maximum absolute atomic E-state index is 13.0. The van der Waals surface area contributed by atoms with Crippen molar-refractivity contribution in [3.05, 3.63) is 24.3 Å². The number of ether oxygens (including phenoxy) is 3. The molecule has 1 heterocycles. The van der Waals surface area contributed by atoms with Crippen molar-refractivity contribution >= 4 is 11.9 Å². The van der Waals surface area contributed by atoms with Gasteiger partial charge < -0.3 is 45.1 Å². The van der Waals surface area contributed by atoms with E-state index in [0.717, 1.165) is 57.8 Å². The van der Waals surface area contributed by atoms with E-state index in [1.54, 1.807) is 6.08 Å². The first-order valence-corrected chi connectivity index (χ1v) is 40.1. The molecule has 0 radical (unpaired) electrons. The molecule has 0 saturated carbocycles. The molecule has 0 aliphatic carbocycles. The lowest BCUT2D eigenvalue weighted by Crippen LogP contribution is -2.60. The van der Waals surface area contributed by atoms with Gasteiger partial charge in [-0.05, 0) is 57.8 Å². The minimum absolute atomic E-state index is 0.0147. The smallest absolute Gasteiger partial charge is 0.305 e. The fourth-order valence-electron chi connectivity index (χ4n) is 13.0. The Labute approximate surface area is 562 Å². The molecule has 0 bridgehead atoms. The van der Waals surface area contributed by atoms with Gasteiger partial charge >= 0.3 is 5.97 Å². The number of carbonyl (C=O) groups is 2. The van der Waals surface area contributed by atoms with Crippen LogP contribution in [0.4, 0.5) is 0 Å². The number of aliphatic hydroxyl groups is 5. The third kappa shape index (κ3) is 58.1. The average Bonchev–Trinajstić information content (AvgIpc) is 3.30. The first kappa shape index (κ1) is 87.2. The molecule has 91 heavy (non-hydrogen) atoms. The van der Waals surface area contributed by atoms with Crippen molar-refractivity contribution in [1.29, 1.82) is 0 Å². The van der Waals surface area contributed by atoms with Gasteiger partial charge in [0.25, 0.3) is 0 Å². The molecule has 11 heteroatoms. The van der Waals surface area contributed by atoms with Crippen molar-refractivity contribution < 1.29 is 49.3 Å². The monoisotopic (exact) mass is 1290 g/mol. The second kappa shape index (κ2) is 69.5. The van der Waals surface area contributed by atoms with Crippen molar-refractivity contribution in [2.75, 3.05) is 19.8 Å². The summed E-state index contributed by atoms with van der Waals surface area (Å²) in [6, 6.07) is -0.804. The summed E-state index contributed by atoms with van der Waals surface area (Å²) < 4.78 is 16.7. The quantitative estimate of drug-likeness (QED) is 0.0195. The number of allylic oxidation sites excluding steroid dienone is 3. The van der Waals surface area contributed by atoms with E-state index in [1.807, 2.05) is 6.08 Å². The number of nitrogens with one attached hydrogen (secondary N) is 1. The van der Waals surface area contributed by atoms with Gasteiger partial charge in [-0.1, -0.05) is 366 Å². The average molecular weight is 1290 g/mol. The maximum Gasteiger partial charge on any atom is 0.305 e. The van der Waals surface area contributed by atoms with E-state index in [0.29, 0.717) is 19.4 Å². The highest BCUT2D eigenvalue weighted by molar-refractivity contribution is 5.76. The van der Waals surface area contributed by atoms with Gasteiger partial charge in [0, 0.05) is 12.8 Å². The van der Waals surface area contributed by atoms with Crippen molar-refractivity contribution in [1.82, 2.24) is 5.32 Å². The Morgan fingerprint density at radius 3 is 1.05 bits per heavy atom. The Balaban J connectivity index is 1.83. The molecule has 1 fully saturated rings. The summed E-state index contributed by atoms with van der Waals surface area (Å²) in [7, 11) is 0. The van der Waals surface area contributed by atoms with E-state index in [-0.39, 0.29) is 18.5 Å². The Kier molecular flexibility index (Phi) is 66.6. The second-order valence-corrected chi connectivity index (χ2v) is 28.1. The maximum atomic E-state index is 13.0. The Bertz CT molecular complexity index is 1560. The van der Waals surface area contributed by atoms with Gasteiger partial charge in [0.1, 0.15) is 24.4 Å². The van der Waals surface area contributed by atoms with Crippen LogP contribution in [0.2, 0.25) is 0 Å². The molecule has 7 atom stereocenters. The molecule has 1 amide bonds. The first-order chi connectivity index (χ1) is 44.7. The van der Waals surface area contributed by atoms with Crippen LogP contribution < -0.4 is 5.32 Å². The topological polar surface area (TPSA) is 175 Å². The van der Waals surface area contributed by atoms with Gasteiger partial charge in [-0.2, -0.15) is 0 Å². The van der Waals surface area contributed by atoms with Crippen LogP contribution in [-0.2, 0) is 23.8 Å². The van der Waals surface area contributed by atoms with Crippen LogP contribution in [0, 0.1) is 0 Å². The highest BCUT2D eigenvalue weighted by atomic mass is 16.7. The minimum Gasteiger partial charge on any atom is -0.466 e. The van der Waals surface area contributed by atoms with E-state index in [4.69, 9.17) is 14.2 Å². The molecular weight excluding hydrogens is 1130 g/mol. The number of rotatable bonds is 72. The highest BCUT2D eigenvalue weighted by Crippen LogP contribution is 2.24. The van der Waals surface area contributed by atoms with Crippen LogP contribution in [0.5, 0.6) is 0 Å². The van der Waals surface area contributed by atoms with Gasteiger partial charge in [0.2, 0.25) is 5.91 Å². The van der Waals surface area contributed by atoms with Crippen molar-refractivity contribution in [2.45, 2.75) is 455 Å². The van der Waals surface area contributed by atoms with Crippen LogP contribution in [-0.4, -0.2) is 100 Å². The number of hydrogen-bond donors (Lipinski definition) is 6. The zero-order chi connectivity index (χ0) is 65.8. The zero-order valence-electron chi connectivity index (χ0n) is 60.1. The summed E-state index contributed by atoms with van der Waals surface area (Å²) in [6.07, 6.45) is 79.5. The summed E-state index contributed by atoms with van der Waals surface area (Å²) in [6.45, 7) is 4.36. The van der Waals surface area contributed by atoms with Crippen molar-refractivity contribution in [3.8, 4) is 0 Å². The normalized spacial score (nSPS) is 17.6. The van der Waals surface area contributed by atoms with Crippen LogP contribution in [0.3, 0.4) is 0 Å². The molecule has 7 unspecified atom stereocenters. The molecule has 0 spiro atoms. The number of hydrogen-bond acceptors (Lipinski definition) is 10. The Morgan fingerprint density at radius 1 is 0.396 bits per heavy atom. The van der Waals surface area contributed by atoms with E-state index in [2.05, 4.69) is 31.3 Å². The lowest BCUT2D eigenvalue weighted by atomic mass is 9.99. The fraction of sp³-hybridized carbons (Fsp3) is 0.925. The summed E-state index contributed by atoms with van der Waals surface area (Å²) in [5.41, 5.74) is 0. The second-order valence-electron chi connectivity index (χ2n) is 28.1. The standard InChI is InChI=1S/C80H153NO10/c1-3-5-7-9-11-13-14-15-16-38-42-45-48-52-56-60-64-68-76(85)89-69-65-61-57-53-49-46-43-40-37-35-33-31-29-27-25-23-21-19-17-18-20-22-24-26-28-30-32-34-36-39-41-44-47-51-55-59-63-67-75(84)81-72(73(83)66-62-58-54-50-12-10-8-6-4-2)71-90-80-79(88)78(87)77(86)74(70-82)91-80/h15-16,62,66,72-74,77-80,82-83,86-88H,3-14,17-61,63-65,67-71H2,1-2H3,(H,81,84)/b16-15-,66-62+. The van der Waals surface area contributed by atoms with E-state index < -0.39 is 49.5 Å². The molecule has 0 aromatic rings. The SMILES string of the molecule is CCCCCCCC/C=C\CCCCCCCCCC(=O)OCCCCCCCCCCCCCCCCCCCCCCCCCCCCCCCCCCCCCCCC(=O)NC(COC1OC(CO)C(O)C(O)C1O)C(O)/C=C/CCCCCCCCC. The molecule has 0 aromatic heterocycles. The van der Waals surface area contributed by atoms with Crippen LogP contribution in [0.25, 0.3) is 0 Å². The van der Waals surface area contributed by atoms with Gasteiger partial charge in [-0.15, -0.1) is 0 Å². The van der Waals surface area contributed by atoms with Crippen molar-refractivity contribution in [3.63, 3.8) is 0 Å². The number of unbranched alkanes of at least 4 members (excludes halogenated alkanes) is 56. The van der Waals surface area contributed by atoms with Gasteiger partial charge in [0.15, 0.2) is 6.29 Å². The minimum atomic E-state index is -1.57. The molecule has 0 aromatic carbocycles. The zero-order valence-corrected chi connectivity index (χ0v) is 60.1. The molecule has 538 valence electrons. The lowest BCUT2D eigenvalue weighted by Gasteiger charge is -2.40. The summed E-state index contributed by atoms with van der Waals surface area (Å²) >= 11 is 0. The number of esters is 1. The number of aliphatic hydroxyl groups excluding tert-OH is 5. The van der Waals surface area contributed by atoms with E-state index in [1.165, 1.54) is 327 Å². The predicted molar refractivity (Wildman–Crippen MR) is 384 cm³/mol. The van der Waals surface area contributed by atoms with Crippen LogP contribution in [0.15, 0.2) is 24.3 Å². The predicted octanol–water partition coefficient (Wildman–Crippen LogP) is 21.5. The Morgan fingerprint density at radius 2 is 0.703 bits per heavy atom. The summed E-state index contributed by atoms with van der Waals surface area (Å²) in [5.74, 6) is -0.161. The third-order valence-electron chi connectivity index (χ3n) is 19.3. The van der Waals surface area contributed by atoms with Crippen LogP contribution in [0.1, 0.15) is 412 Å². The van der Waals surface area contributed by atoms with E-state index >= 15 is 0 Å².